The minimum absolute atomic E-state index is 0.0517. The van der Waals surface area contributed by atoms with Gasteiger partial charge in [-0.1, -0.05) is 5.92 Å². The van der Waals surface area contributed by atoms with E-state index in [1.807, 2.05) is 0 Å². The quantitative estimate of drug-likeness (QED) is 0.564. The first-order valence-corrected chi connectivity index (χ1v) is 5.70. The van der Waals surface area contributed by atoms with Crippen LogP contribution in [0.25, 0.3) is 0 Å². The van der Waals surface area contributed by atoms with E-state index in [2.05, 4.69) is 10.9 Å². The summed E-state index contributed by atoms with van der Waals surface area (Å²) in [7, 11) is 0. The van der Waals surface area contributed by atoms with Gasteiger partial charge in [-0.3, -0.25) is 14.3 Å². The number of hydrogen-bond acceptors (Lipinski definition) is 5. The molecule has 7 heteroatoms. The van der Waals surface area contributed by atoms with Crippen LogP contribution in [0.2, 0.25) is 0 Å². The molecule has 0 bridgehead atoms. The first kappa shape index (κ1) is 13.5. The highest BCUT2D eigenvalue weighted by Gasteiger charge is 2.47. The van der Waals surface area contributed by atoms with Gasteiger partial charge in [-0.2, -0.15) is 0 Å². The van der Waals surface area contributed by atoms with E-state index in [4.69, 9.17) is 11.2 Å². The summed E-state index contributed by atoms with van der Waals surface area (Å²) in [5.74, 6) is 2.21. The van der Waals surface area contributed by atoms with Gasteiger partial charge in [0.15, 0.2) is 5.60 Å². The van der Waals surface area contributed by atoms with Crippen molar-refractivity contribution < 1.29 is 14.9 Å². The van der Waals surface area contributed by atoms with Crippen molar-refractivity contribution in [2.75, 3.05) is 6.61 Å². The monoisotopic (exact) mass is 266 g/mol. The van der Waals surface area contributed by atoms with Crippen LogP contribution in [-0.2, 0) is 4.74 Å². The van der Waals surface area contributed by atoms with Crippen molar-refractivity contribution in [1.82, 2.24) is 9.55 Å². The van der Waals surface area contributed by atoms with Crippen molar-refractivity contribution in [1.29, 1.82) is 0 Å². The predicted molar refractivity (Wildman–Crippen MR) is 65.5 cm³/mol. The molecule has 1 aliphatic heterocycles. The number of rotatable bonds is 2. The first-order valence-electron chi connectivity index (χ1n) is 5.70. The molecule has 0 spiro atoms. The van der Waals surface area contributed by atoms with Crippen molar-refractivity contribution >= 4 is 0 Å². The molecular formula is C12H14N2O5. The zero-order valence-electron chi connectivity index (χ0n) is 10.3. The summed E-state index contributed by atoms with van der Waals surface area (Å²) in [5, 5.41) is 19.1. The van der Waals surface area contributed by atoms with Crippen molar-refractivity contribution in [3.63, 3.8) is 0 Å². The van der Waals surface area contributed by atoms with E-state index in [1.165, 1.54) is 6.20 Å². The third-order valence-electron chi connectivity index (χ3n) is 3.24. The Morgan fingerprint density at radius 3 is 2.89 bits per heavy atom. The van der Waals surface area contributed by atoms with Crippen LogP contribution in [0.15, 0.2) is 15.8 Å². The van der Waals surface area contributed by atoms with Gasteiger partial charge in [0, 0.05) is 18.2 Å². The largest absolute Gasteiger partial charge is 0.392 e. The standard InChI is InChI=1S/C12H14N2O5/c1-3-12(6-15)8(16)4-9(19-12)14-5-7(2)10(17)13-11(14)18/h1,5,8-9,15-16H,4,6H2,2H3,(H,13,17,18)/t8-,9-,12+/m0/s1. The lowest BCUT2D eigenvalue weighted by Gasteiger charge is -2.23. The number of hydrogen-bond donors (Lipinski definition) is 3. The van der Waals surface area contributed by atoms with Crippen LogP contribution < -0.4 is 11.2 Å². The SMILES string of the molecule is C#C[C@]1(CO)O[C@H](n2cc(C)c(=O)[nH]c2=O)C[C@@H]1O. The number of aromatic amines is 1. The van der Waals surface area contributed by atoms with Crippen molar-refractivity contribution in [2.24, 2.45) is 0 Å². The van der Waals surface area contributed by atoms with Gasteiger partial charge in [-0.05, 0) is 6.92 Å². The highest BCUT2D eigenvalue weighted by molar-refractivity contribution is 5.16. The first-order chi connectivity index (χ1) is 8.93. The average molecular weight is 266 g/mol. The molecule has 2 heterocycles. The summed E-state index contributed by atoms with van der Waals surface area (Å²) in [5.41, 5.74) is -2.32. The summed E-state index contributed by atoms with van der Waals surface area (Å²) < 4.78 is 6.57. The highest BCUT2D eigenvalue weighted by atomic mass is 16.6. The molecule has 0 aromatic carbocycles. The van der Waals surface area contributed by atoms with E-state index in [9.17, 15) is 19.8 Å². The maximum Gasteiger partial charge on any atom is 0.330 e. The molecule has 1 aromatic heterocycles. The second-order valence-electron chi connectivity index (χ2n) is 4.49. The van der Waals surface area contributed by atoms with E-state index < -0.39 is 35.8 Å². The molecule has 102 valence electrons. The Bertz CT molecular complexity index is 641. The van der Waals surface area contributed by atoms with Crippen LogP contribution in [0.5, 0.6) is 0 Å². The normalized spacial score (nSPS) is 30.2. The third kappa shape index (κ3) is 2.10. The Balaban J connectivity index is 2.42. The number of terminal acetylenes is 1. The molecule has 0 unspecified atom stereocenters. The molecule has 0 saturated carbocycles. The molecule has 7 nitrogen and oxygen atoms in total. The fourth-order valence-corrected chi connectivity index (χ4v) is 2.04. The maximum absolute atomic E-state index is 11.7. The van der Waals surface area contributed by atoms with E-state index in [-0.39, 0.29) is 6.42 Å². The summed E-state index contributed by atoms with van der Waals surface area (Å²) in [4.78, 5) is 25.1. The number of nitrogens with zero attached hydrogens (tertiary/aromatic N) is 1. The van der Waals surface area contributed by atoms with Gasteiger partial charge in [-0.15, -0.1) is 6.42 Å². The molecule has 0 amide bonds. The number of ether oxygens (including phenoxy) is 1. The van der Waals surface area contributed by atoms with Gasteiger partial charge >= 0.3 is 5.69 Å². The molecule has 2 rings (SSSR count). The van der Waals surface area contributed by atoms with E-state index in [0.29, 0.717) is 5.56 Å². The minimum Gasteiger partial charge on any atom is -0.392 e. The van der Waals surface area contributed by atoms with Gasteiger partial charge in [0.25, 0.3) is 5.56 Å². The highest BCUT2D eigenvalue weighted by Crippen LogP contribution is 2.35. The molecular weight excluding hydrogens is 252 g/mol. The van der Waals surface area contributed by atoms with Gasteiger partial charge < -0.3 is 14.9 Å². The van der Waals surface area contributed by atoms with Gasteiger partial charge in [0.1, 0.15) is 12.3 Å². The Hall–Kier alpha value is -1.88. The molecule has 0 radical (unpaired) electrons. The average Bonchev–Trinajstić information content (AvgIpc) is 2.71. The Morgan fingerprint density at radius 2 is 2.37 bits per heavy atom. The van der Waals surface area contributed by atoms with E-state index >= 15 is 0 Å². The Morgan fingerprint density at radius 1 is 1.68 bits per heavy atom. The topological polar surface area (TPSA) is 105 Å². The summed E-state index contributed by atoms with van der Waals surface area (Å²) >= 11 is 0. The molecule has 19 heavy (non-hydrogen) atoms. The fraction of sp³-hybridized carbons (Fsp3) is 0.500. The lowest BCUT2D eigenvalue weighted by atomic mass is 9.99. The summed E-state index contributed by atoms with van der Waals surface area (Å²) in [6, 6.07) is 0. The zero-order chi connectivity index (χ0) is 14.2. The molecule has 0 aliphatic carbocycles. The predicted octanol–water partition coefficient (Wildman–Crippen LogP) is -1.51. The molecule has 3 N–H and O–H groups in total. The molecule has 3 atom stereocenters. The van der Waals surface area contributed by atoms with Gasteiger partial charge in [-0.25, -0.2) is 4.79 Å². The second-order valence-corrected chi connectivity index (χ2v) is 4.49. The number of aliphatic hydroxyl groups excluding tert-OH is 2. The van der Waals surface area contributed by atoms with Crippen molar-refractivity contribution in [3.8, 4) is 12.3 Å². The number of H-pyrrole nitrogens is 1. The molecule has 1 aromatic rings. The number of aromatic nitrogens is 2. The number of aliphatic hydroxyl groups is 2. The lowest BCUT2D eigenvalue weighted by molar-refractivity contribution is -0.0913. The van der Waals surface area contributed by atoms with Crippen LogP contribution in [0.3, 0.4) is 0 Å². The zero-order valence-corrected chi connectivity index (χ0v) is 10.3. The molecule has 1 fully saturated rings. The molecule has 1 aliphatic rings. The van der Waals surface area contributed by atoms with Gasteiger partial charge in [0.2, 0.25) is 0 Å². The smallest absolute Gasteiger partial charge is 0.330 e. The van der Waals surface area contributed by atoms with Crippen LogP contribution in [0, 0.1) is 19.3 Å². The Labute approximate surface area is 108 Å². The molecule has 1 saturated heterocycles. The second kappa shape index (κ2) is 4.66. The summed E-state index contributed by atoms with van der Waals surface area (Å²) in [6.07, 6.45) is 4.73. The van der Waals surface area contributed by atoms with E-state index in [0.717, 1.165) is 4.57 Å². The maximum atomic E-state index is 11.7. The minimum atomic E-state index is -1.52. The van der Waals surface area contributed by atoms with Crippen LogP contribution >= 0.6 is 0 Å². The van der Waals surface area contributed by atoms with Crippen molar-refractivity contribution in [3.05, 3.63) is 32.6 Å². The van der Waals surface area contributed by atoms with Crippen LogP contribution in [0.4, 0.5) is 0 Å². The van der Waals surface area contributed by atoms with E-state index in [1.54, 1.807) is 6.92 Å². The number of aryl methyl sites for hydroxylation is 1. The third-order valence-corrected chi connectivity index (χ3v) is 3.24. The lowest BCUT2D eigenvalue weighted by Crippen LogP contribution is -2.41. The van der Waals surface area contributed by atoms with Crippen LogP contribution in [-0.4, -0.2) is 38.1 Å². The van der Waals surface area contributed by atoms with Crippen molar-refractivity contribution in [2.45, 2.75) is 31.3 Å². The Kier molecular flexibility index (Phi) is 3.32. The fourth-order valence-electron chi connectivity index (χ4n) is 2.04. The van der Waals surface area contributed by atoms with Crippen LogP contribution in [0.1, 0.15) is 18.2 Å². The number of nitrogens with one attached hydrogen (secondary N) is 1. The van der Waals surface area contributed by atoms with Gasteiger partial charge in [0.05, 0.1) is 6.61 Å². The summed E-state index contributed by atoms with van der Waals surface area (Å²) in [6.45, 7) is 0.985.